The number of fused-ring (bicyclic) bond motifs is 2. The first-order chi connectivity index (χ1) is 43.8. The molecule has 8 nitrogen and oxygen atoms in total. The molecule has 6 aliphatic rings. The van der Waals surface area contributed by atoms with Crippen LogP contribution in [0.25, 0.3) is 0 Å². The first-order valence-corrected chi connectivity index (χ1v) is 52.3. The first kappa shape index (κ1) is 85.1. The minimum atomic E-state index is -2.81. The van der Waals surface area contributed by atoms with Gasteiger partial charge in [0.2, 0.25) is 0 Å². The number of rotatable bonds is 17. The normalized spacial score (nSPS) is 27.2. The molecule has 530 valence electrons. The zero-order chi connectivity index (χ0) is 71.9. The highest BCUT2D eigenvalue weighted by atomic mass is 128. The lowest BCUT2D eigenvalue weighted by Gasteiger charge is -2.45. The Kier molecular flexibility index (Phi) is 32.3. The fourth-order valence-corrected chi connectivity index (χ4v) is 20.6. The minimum absolute atomic E-state index is 0.0213. The van der Waals surface area contributed by atoms with Gasteiger partial charge in [0.05, 0.1) is 29.5 Å². The predicted octanol–water partition coefficient (Wildman–Crippen LogP) is 22.1. The van der Waals surface area contributed by atoms with Gasteiger partial charge in [-0.25, -0.2) is 0 Å². The summed E-state index contributed by atoms with van der Waals surface area (Å²) in [5.74, 6) is 2.73. The Balaban J connectivity index is 0.000000295. The van der Waals surface area contributed by atoms with E-state index in [4.69, 9.17) is 8.85 Å². The van der Waals surface area contributed by atoms with Gasteiger partial charge in [-0.2, -0.15) is 0 Å². The van der Waals surface area contributed by atoms with Crippen LogP contribution in [0.2, 0.25) is 50.9 Å². The van der Waals surface area contributed by atoms with E-state index in [1.54, 1.807) is 18.7 Å². The van der Waals surface area contributed by atoms with Crippen molar-refractivity contribution < 1.29 is 38.0 Å². The molecule has 3 N–H and O–H groups in total. The summed E-state index contributed by atoms with van der Waals surface area (Å²) in [5.41, 5.74) is 8.17. The van der Waals surface area contributed by atoms with E-state index in [2.05, 4.69) is 215 Å². The van der Waals surface area contributed by atoms with Crippen LogP contribution in [-0.4, -0.2) is 82.1 Å². The van der Waals surface area contributed by atoms with E-state index in [0.717, 1.165) is 85.1 Å². The molecule has 8 rings (SSSR count). The van der Waals surface area contributed by atoms with Gasteiger partial charge < -0.3 is 33.2 Å². The molecule has 0 saturated heterocycles. The number of hydrogen-bond donors (Lipinski definition) is 3. The highest BCUT2D eigenvalue weighted by molar-refractivity contribution is 15.0. The van der Waals surface area contributed by atoms with Crippen molar-refractivity contribution in [3.63, 3.8) is 0 Å². The lowest BCUT2D eigenvalue weighted by Crippen LogP contribution is -2.46. The van der Waals surface area contributed by atoms with E-state index < -0.39 is 50.3 Å². The fourth-order valence-electron chi connectivity index (χ4n) is 15.1. The molecule has 2 unspecified atom stereocenters. The molecule has 10 atom stereocenters. The van der Waals surface area contributed by atoms with Gasteiger partial charge in [-0.1, -0.05) is 214 Å². The maximum Gasteiger partial charge on any atom is 0.270 e. The van der Waals surface area contributed by atoms with Crippen molar-refractivity contribution in [3.05, 3.63) is 168 Å². The molecule has 0 radical (unpaired) electrons. The summed E-state index contributed by atoms with van der Waals surface area (Å²) in [6.45, 7) is 54.5. The Bertz CT molecular complexity index is 3120. The number of aliphatic hydroxyl groups excluding tert-OH is 2. The third-order valence-electron chi connectivity index (χ3n) is 21.2. The summed E-state index contributed by atoms with van der Waals surface area (Å²) in [6.07, 6.45) is 32.9. The van der Waals surface area contributed by atoms with Crippen LogP contribution in [0.15, 0.2) is 168 Å². The highest BCUT2D eigenvalue weighted by Crippen LogP contribution is 2.58. The largest absolute Gasteiger partial charge is 0.410 e. The third kappa shape index (κ3) is 24.7. The van der Waals surface area contributed by atoms with Crippen LogP contribution < -0.4 is 10.6 Å². The second kappa shape index (κ2) is 36.0. The van der Waals surface area contributed by atoms with E-state index in [1.807, 2.05) is 80.6 Å². The highest BCUT2D eigenvalue weighted by Gasteiger charge is 2.49. The number of ketones is 1. The number of Topliss-reactive ketones (excluding diaryl/α,β-unsaturated/α-hetero) is 1. The van der Waals surface area contributed by atoms with E-state index in [1.165, 1.54) is 36.0 Å². The molecule has 2 aromatic rings. The van der Waals surface area contributed by atoms with E-state index in [-0.39, 0.29) is 38.9 Å². The van der Waals surface area contributed by atoms with Crippen LogP contribution in [0, 0.1) is 45.8 Å². The van der Waals surface area contributed by atoms with Gasteiger partial charge in [0.25, 0.3) is 8.68 Å². The van der Waals surface area contributed by atoms with Gasteiger partial charge in [0, 0.05) is 72.8 Å². The van der Waals surface area contributed by atoms with Gasteiger partial charge >= 0.3 is 0 Å². The molecular formula is C81H127I2O8PSi3. The van der Waals surface area contributed by atoms with Crippen molar-refractivity contribution in [2.24, 2.45) is 45.8 Å². The van der Waals surface area contributed by atoms with Crippen molar-refractivity contribution in [1.29, 1.82) is 0 Å². The monoisotopic (exact) mass is 1600 g/mol. The van der Waals surface area contributed by atoms with Gasteiger partial charge in [-0.15, -0.1) is 0 Å². The van der Waals surface area contributed by atoms with Crippen LogP contribution in [0.5, 0.6) is 0 Å². The molecule has 14 heteroatoms. The fraction of sp³-hybridized carbons (Fsp3) is 0.617. The molecular weight excluding hydrogens is 1470 g/mol. The molecule has 0 amide bonds. The Morgan fingerprint density at radius 2 is 1.20 bits per heavy atom. The molecule has 0 heterocycles. The number of aliphatic hydroxyl groups is 3. The molecule has 0 bridgehead atoms. The second-order valence-corrected chi connectivity index (χ2v) is 47.5. The number of carbonyl (C=O) groups is 1. The molecule has 2 aromatic carbocycles. The zero-order valence-corrected chi connectivity index (χ0v) is 70.9. The molecule has 95 heavy (non-hydrogen) atoms. The summed E-state index contributed by atoms with van der Waals surface area (Å²) in [7, 11) is -7.44. The summed E-state index contributed by atoms with van der Waals surface area (Å²) in [4.78, 5) is 12.3. The van der Waals surface area contributed by atoms with Crippen LogP contribution >= 0.6 is 44.4 Å². The van der Waals surface area contributed by atoms with Gasteiger partial charge in [0.1, 0.15) is 12.9 Å². The lowest BCUT2D eigenvalue weighted by molar-refractivity contribution is -0.128. The summed E-state index contributed by atoms with van der Waals surface area (Å²) < 4.78 is 37.4. The summed E-state index contributed by atoms with van der Waals surface area (Å²) >= 11 is 4.24. The van der Waals surface area contributed by atoms with E-state index in [0.29, 0.717) is 48.5 Å². The number of allylic oxidation sites excluding steroid dienone is 10. The maximum atomic E-state index is 14.6. The van der Waals surface area contributed by atoms with Crippen LogP contribution in [0.4, 0.5) is 0 Å². The standard InChI is InChI=1S/C31H45O2PSi.C27H40O3.C21H36O2Si.C2H6OSi.I2/c1-24-25(22-26(30(2,3)4)23-29(24)33-35(8,9)31(5,6)7)20-21-34(32,27-16-12-10-13-17-27)28-18-14-11-15-19-28;1-18(8-6-14-26(3,4)30)23-12-13-24-20(9-7-15-27(23,24)5)10-11-21-16-22(28)17-25(29)19(21)2;1-16(10-8-14-20(2,3)23-24(5,6)7)17-12-13-18-19(22)11-9-15-21(17,18)4;1-4(2)3;1-2/h10-20,26,29H,1,21-23H2,2-9H3;6,10-12,14,18,22,24-25,28-30H,2,7-9,13,15-17H2,1,3-5H3;8,12,14,16,18H,9-11,13,15H2,1-7H3;1-2H3;/b25-20-;14-6+,20-10+,21-11-;14-8+;;/t26-,29-;18-,22+,24?,25+,27-;16-,18?,21-;;/m011../s1. The SMILES string of the molecule is C=C1/C(=C\C=C2/CCC[C@]3(C)C([C@H](C)C/C=C/C(C)(C)O)=CCC23)C[C@H](O)C[C@@H]1O.C=C1/C(=C\CP(=O)(c2ccccc2)c2ccccc2)C[C@H](C(C)(C)C)C[C@@H]1O[Si](C)(C)C(C)(C)C.C[C@H](C/C=C/C(C)(C)O[Si](C)(C)C)C1=CCC2C(=O)CCC[C@]12C.C[Si](C)=O.II. The topological polar surface area (TPSA) is 130 Å². The average molecular weight is 1600 g/mol. The summed E-state index contributed by atoms with van der Waals surface area (Å²) in [5, 5.41) is 32.0. The molecule has 0 spiro atoms. The number of benzene rings is 2. The number of carbonyl (C=O) groups excluding carboxylic acids is 1. The zero-order valence-electron chi connectivity index (χ0n) is 62.7. The molecule has 4 saturated carbocycles. The van der Waals surface area contributed by atoms with E-state index in [9.17, 15) is 29.1 Å². The lowest BCUT2D eigenvalue weighted by atomic mass is 9.62. The molecule has 4 fully saturated rings. The molecule has 6 aliphatic carbocycles. The Labute approximate surface area is 605 Å². The van der Waals surface area contributed by atoms with Crippen molar-refractivity contribution >= 4 is 86.1 Å². The Morgan fingerprint density at radius 3 is 1.68 bits per heavy atom. The second-order valence-electron chi connectivity index (χ2n) is 33.6. The van der Waals surface area contributed by atoms with Crippen LogP contribution in [-0.2, 0) is 22.7 Å². The smallest absolute Gasteiger partial charge is 0.270 e. The third-order valence-corrected chi connectivity index (χ3v) is 29.8. The van der Waals surface area contributed by atoms with Crippen LogP contribution in [0.1, 0.15) is 187 Å². The Morgan fingerprint density at radius 1 is 0.716 bits per heavy atom. The Hall–Kier alpha value is -2.29. The maximum absolute atomic E-state index is 14.6. The van der Waals surface area contributed by atoms with Crippen molar-refractivity contribution in [3.8, 4) is 0 Å². The molecule has 0 aliphatic heterocycles. The van der Waals surface area contributed by atoms with E-state index >= 15 is 0 Å². The van der Waals surface area contributed by atoms with Gasteiger partial charge in [-0.3, -0.25) is 4.79 Å². The number of hydrogen-bond acceptors (Lipinski definition) is 8. The average Bonchev–Trinajstić information content (AvgIpc) is 1.67. The predicted molar refractivity (Wildman–Crippen MR) is 431 cm³/mol. The first-order valence-electron chi connectivity index (χ1n) is 35.4. The van der Waals surface area contributed by atoms with Gasteiger partial charge in [-0.05, 0) is 218 Å². The summed E-state index contributed by atoms with van der Waals surface area (Å²) in [6, 6.07) is 19.9. The quantitative estimate of drug-likeness (QED) is 0.0618. The van der Waals surface area contributed by atoms with Crippen molar-refractivity contribution in [1.82, 2.24) is 0 Å². The van der Waals surface area contributed by atoms with Crippen molar-refractivity contribution in [2.75, 3.05) is 6.16 Å². The van der Waals surface area contributed by atoms with Crippen LogP contribution in [0.3, 0.4) is 0 Å². The molecule has 0 aromatic heterocycles. The van der Waals surface area contributed by atoms with Gasteiger partial charge in [0.15, 0.2) is 16.6 Å². The minimum Gasteiger partial charge on any atom is -0.410 e. The number of halogens is 2. The van der Waals surface area contributed by atoms with Crippen molar-refractivity contribution in [2.45, 2.75) is 267 Å².